The monoisotopic (exact) mass is 314 g/mol. The van der Waals surface area contributed by atoms with Crippen LogP contribution in [0.4, 0.5) is 0 Å². The zero-order valence-electron chi connectivity index (χ0n) is 14.3. The summed E-state index contributed by atoms with van der Waals surface area (Å²) in [5.41, 5.74) is 0. The Balaban J connectivity index is 3.67. The highest BCUT2D eigenvalue weighted by atomic mass is 16.5. The number of carbonyl (C=O) groups excluding carboxylic acids is 2. The molecule has 0 amide bonds. The highest BCUT2D eigenvalue weighted by Gasteiger charge is 2.02. The summed E-state index contributed by atoms with van der Waals surface area (Å²) in [6.45, 7) is 8.53. The molecule has 22 heavy (non-hydrogen) atoms. The van der Waals surface area contributed by atoms with Crippen molar-refractivity contribution in [1.29, 1.82) is 0 Å². The molecule has 0 rings (SSSR count). The van der Waals surface area contributed by atoms with Gasteiger partial charge in [-0.2, -0.15) is 0 Å². The van der Waals surface area contributed by atoms with Crippen LogP contribution in [-0.2, 0) is 19.1 Å². The molecule has 6 nitrogen and oxygen atoms in total. The van der Waals surface area contributed by atoms with Crippen LogP contribution in [0.2, 0.25) is 0 Å². The average Bonchev–Trinajstić information content (AvgIpc) is 2.52. The summed E-state index contributed by atoms with van der Waals surface area (Å²) in [4.78, 5) is 27.0. The summed E-state index contributed by atoms with van der Waals surface area (Å²) in [6.07, 6.45) is 3.78. The second-order valence-electron chi connectivity index (χ2n) is 5.17. The van der Waals surface area contributed by atoms with Crippen LogP contribution in [0.25, 0.3) is 0 Å². The molecule has 0 N–H and O–H groups in total. The smallest absolute Gasteiger partial charge is 0.331 e. The van der Waals surface area contributed by atoms with Crippen LogP contribution in [0.3, 0.4) is 0 Å². The highest BCUT2D eigenvalue weighted by molar-refractivity contribution is 5.91. The Bertz CT molecular complexity index is 313. The Labute approximate surface area is 134 Å². The van der Waals surface area contributed by atoms with Crippen molar-refractivity contribution in [2.24, 2.45) is 0 Å². The van der Waals surface area contributed by atoms with Crippen LogP contribution >= 0.6 is 0 Å². The van der Waals surface area contributed by atoms with Gasteiger partial charge < -0.3 is 19.3 Å². The van der Waals surface area contributed by atoms with Crippen LogP contribution in [0.5, 0.6) is 0 Å². The first-order valence-corrected chi connectivity index (χ1v) is 7.88. The standard InChI is InChI=1S/C16H30N2O4/c1-5-17(3)11-7-13-21-15(19)9-10-16(20)22-14-8-12-18(4)6-2/h9-10H,5-8,11-14H2,1-4H3/b10-9-. The third-order valence-corrected chi connectivity index (χ3v) is 3.29. The summed E-state index contributed by atoms with van der Waals surface area (Å²) in [7, 11) is 4.02. The molecule has 128 valence electrons. The number of esters is 2. The minimum atomic E-state index is -0.512. The number of nitrogens with zero attached hydrogens (tertiary/aromatic N) is 2. The van der Waals surface area contributed by atoms with E-state index in [-0.39, 0.29) is 0 Å². The number of carbonyl (C=O) groups is 2. The molecule has 0 aliphatic rings. The molecule has 0 aliphatic carbocycles. The van der Waals surface area contributed by atoms with Gasteiger partial charge in [0, 0.05) is 25.2 Å². The fourth-order valence-electron chi connectivity index (χ4n) is 1.56. The molecule has 0 aromatic rings. The number of hydrogen-bond donors (Lipinski definition) is 0. The summed E-state index contributed by atoms with van der Waals surface area (Å²) in [5, 5.41) is 0. The maximum absolute atomic E-state index is 11.4. The normalized spacial score (nSPS) is 11.4. The van der Waals surface area contributed by atoms with Gasteiger partial charge in [0.1, 0.15) is 0 Å². The quantitative estimate of drug-likeness (QED) is 0.307. The van der Waals surface area contributed by atoms with Crippen molar-refractivity contribution in [2.75, 3.05) is 53.5 Å². The molecule has 0 fully saturated rings. The zero-order valence-corrected chi connectivity index (χ0v) is 14.3. The SMILES string of the molecule is CCN(C)CCCOC(=O)/C=C\C(=O)OCCCN(C)CC. The molecular formula is C16H30N2O4. The van der Waals surface area contributed by atoms with E-state index in [1.54, 1.807) is 0 Å². The van der Waals surface area contributed by atoms with Crippen molar-refractivity contribution in [3.05, 3.63) is 12.2 Å². The second-order valence-corrected chi connectivity index (χ2v) is 5.17. The van der Waals surface area contributed by atoms with E-state index in [1.165, 1.54) is 0 Å². The minimum absolute atomic E-state index is 0.353. The van der Waals surface area contributed by atoms with Crippen molar-refractivity contribution >= 4 is 11.9 Å². The fraction of sp³-hybridized carbons (Fsp3) is 0.750. The van der Waals surface area contributed by atoms with Crippen LogP contribution in [0.15, 0.2) is 12.2 Å². The van der Waals surface area contributed by atoms with Crippen LogP contribution < -0.4 is 0 Å². The van der Waals surface area contributed by atoms with E-state index in [4.69, 9.17) is 9.47 Å². The lowest BCUT2D eigenvalue weighted by molar-refractivity contribution is -0.140. The molecule has 0 atom stereocenters. The van der Waals surface area contributed by atoms with Gasteiger partial charge in [-0.25, -0.2) is 9.59 Å². The van der Waals surface area contributed by atoms with Crippen LogP contribution in [-0.4, -0.2) is 75.2 Å². The Hall–Kier alpha value is -1.40. The maximum Gasteiger partial charge on any atom is 0.331 e. The molecule has 0 aromatic carbocycles. The first kappa shape index (κ1) is 20.6. The van der Waals surface area contributed by atoms with Crippen molar-refractivity contribution in [3.8, 4) is 0 Å². The Kier molecular flexibility index (Phi) is 12.4. The molecule has 0 saturated carbocycles. The van der Waals surface area contributed by atoms with Gasteiger partial charge in [-0.15, -0.1) is 0 Å². The van der Waals surface area contributed by atoms with Crippen molar-refractivity contribution in [3.63, 3.8) is 0 Å². The predicted molar refractivity (Wildman–Crippen MR) is 86.6 cm³/mol. The molecule has 0 aromatic heterocycles. The lowest BCUT2D eigenvalue weighted by Crippen LogP contribution is -2.20. The number of ether oxygens (including phenoxy) is 2. The Morgan fingerprint density at radius 1 is 0.818 bits per heavy atom. The first-order chi connectivity index (χ1) is 10.5. The molecule has 0 heterocycles. The first-order valence-electron chi connectivity index (χ1n) is 7.88. The van der Waals surface area contributed by atoms with Crippen molar-refractivity contribution in [1.82, 2.24) is 9.80 Å². The van der Waals surface area contributed by atoms with E-state index >= 15 is 0 Å². The number of hydrogen-bond acceptors (Lipinski definition) is 6. The molecule has 6 heteroatoms. The molecule has 0 bridgehead atoms. The third-order valence-electron chi connectivity index (χ3n) is 3.29. The summed E-state index contributed by atoms with van der Waals surface area (Å²) in [6, 6.07) is 0. The topological polar surface area (TPSA) is 59.1 Å². The summed E-state index contributed by atoms with van der Waals surface area (Å²) in [5.74, 6) is -1.02. The molecule has 0 saturated heterocycles. The van der Waals surface area contributed by atoms with E-state index in [1.807, 2.05) is 14.1 Å². The molecule has 0 spiro atoms. The number of rotatable bonds is 12. The van der Waals surface area contributed by atoms with Gasteiger partial charge in [0.2, 0.25) is 0 Å². The zero-order chi connectivity index (χ0) is 16.8. The summed E-state index contributed by atoms with van der Waals surface area (Å²) < 4.78 is 9.98. The molecule has 0 radical (unpaired) electrons. The highest BCUT2D eigenvalue weighted by Crippen LogP contribution is 1.92. The molecular weight excluding hydrogens is 284 g/mol. The van der Waals surface area contributed by atoms with Gasteiger partial charge in [-0.3, -0.25) is 0 Å². The lowest BCUT2D eigenvalue weighted by atomic mass is 10.4. The van der Waals surface area contributed by atoms with Gasteiger partial charge >= 0.3 is 11.9 Å². The van der Waals surface area contributed by atoms with Crippen LogP contribution in [0, 0.1) is 0 Å². The van der Waals surface area contributed by atoms with Gasteiger partial charge in [0.15, 0.2) is 0 Å². The molecule has 0 unspecified atom stereocenters. The van der Waals surface area contributed by atoms with E-state index in [0.717, 1.165) is 51.2 Å². The van der Waals surface area contributed by atoms with Crippen LogP contribution in [0.1, 0.15) is 26.7 Å². The van der Waals surface area contributed by atoms with Crippen molar-refractivity contribution < 1.29 is 19.1 Å². The van der Waals surface area contributed by atoms with E-state index in [2.05, 4.69) is 23.6 Å². The molecule has 0 aliphatic heterocycles. The van der Waals surface area contributed by atoms with Gasteiger partial charge in [0.25, 0.3) is 0 Å². The van der Waals surface area contributed by atoms with E-state index in [0.29, 0.717) is 13.2 Å². The van der Waals surface area contributed by atoms with E-state index < -0.39 is 11.9 Å². The summed E-state index contributed by atoms with van der Waals surface area (Å²) >= 11 is 0. The van der Waals surface area contributed by atoms with Crippen molar-refractivity contribution in [2.45, 2.75) is 26.7 Å². The Morgan fingerprint density at radius 2 is 1.18 bits per heavy atom. The Morgan fingerprint density at radius 3 is 1.50 bits per heavy atom. The third kappa shape index (κ3) is 12.3. The van der Waals surface area contributed by atoms with Gasteiger partial charge in [-0.1, -0.05) is 13.8 Å². The average molecular weight is 314 g/mol. The van der Waals surface area contributed by atoms with Gasteiger partial charge in [-0.05, 0) is 40.0 Å². The second kappa shape index (κ2) is 13.3. The lowest BCUT2D eigenvalue weighted by Gasteiger charge is -2.13. The fourth-order valence-corrected chi connectivity index (χ4v) is 1.56. The van der Waals surface area contributed by atoms with E-state index in [9.17, 15) is 9.59 Å². The largest absolute Gasteiger partial charge is 0.462 e. The maximum atomic E-state index is 11.4. The van der Waals surface area contributed by atoms with Gasteiger partial charge in [0.05, 0.1) is 13.2 Å². The predicted octanol–water partition coefficient (Wildman–Crippen LogP) is 1.31. The minimum Gasteiger partial charge on any atom is -0.462 e.